The smallest absolute Gasteiger partial charge is 0.125 e. The van der Waals surface area contributed by atoms with Gasteiger partial charge < -0.3 is 40.9 Å². The Labute approximate surface area is 321 Å². The predicted molar refractivity (Wildman–Crippen MR) is 214 cm³/mol. The molecular weight excluding hydrogens is 693 g/mol. The summed E-state index contributed by atoms with van der Waals surface area (Å²) >= 11 is 0. The van der Waals surface area contributed by atoms with E-state index in [0.29, 0.717) is 74.9 Å². The van der Waals surface area contributed by atoms with Gasteiger partial charge in [-0.05, 0) is 151 Å². The van der Waals surface area contributed by atoms with E-state index < -0.39 is 0 Å². The van der Waals surface area contributed by atoms with Crippen molar-refractivity contribution in [2.24, 2.45) is 0 Å². The molecule has 0 atom stereocenters. The highest BCUT2D eigenvalue weighted by Crippen LogP contribution is 2.41. The van der Waals surface area contributed by atoms with Crippen LogP contribution < -0.4 is 0 Å². The van der Waals surface area contributed by atoms with Crippen molar-refractivity contribution in [2.75, 3.05) is 0 Å². The van der Waals surface area contributed by atoms with Crippen molar-refractivity contribution in [1.82, 2.24) is 0 Å². The monoisotopic (exact) mass is 740 g/mol. The Morgan fingerprint density at radius 2 is 0.618 bits per heavy atom. The first kappa shape index (κ1) is 38.4. The molecule has 8 nitrogen and oxygen atoms in total. The third-order valence-corrected chi connectivity index (χ3v) is 11.1. The summed E-state index contributed by atoms with van der Waals surface area (Å²) < 4.78 is 0. The van der Waals surface area contributed by atoms with E-state index in [0.717, 1.165) is 33.4 Å². The third-order valence-electron chi connectivity index (χ3n) is 11.1. The normalized spacial score (nSPS) is 11.3. The van der Waals surface area contributed by atoms with Gasteiger partial charge in [-0.3, -0.25) is 0 Å². The van der Waals surface area contributed by atoms with E-state index in [1.165, 1.54) is 0 Å². The Morgan fingerprint density at radius 3 is 0.945 bits per heavy atom. The number of rotatable bonds is 10. The van der Waals surface area contributed by atoms with Gasteiger partial charge in [-0.2, -0.15) is 0 Å². The van der Waals surface area contributed by atoms with Crippen LogP contribution in [0.2, 0.25) is 0 Å². The summed E-state index contributed by atoms with van der Waals surface area (Å²) in [7, 11) is 0. The molecule has 55 heavy (non-hydrogen) atoms. The molecule has 6 aromatic rings. The molecule has 0 aliphatic heterocycles. The SMILES string of the molecule is Cc1cc(Cc2cc(C)c(O)c(Cc3cc(Cc4ccc(O)cc4)c(O)c(C)c3O)c2C)c(C)c(Cc2cc(Cc3ccc(O)cc3)c(O)c(C)c2O)c1O. The zero-order valence-electron chi connectivity index (χ0n) is 32.0. The molecule has 0 heterocycles. The summed E-state index contributed by atoms with van der Waals surface area (Å²) in [5, 5.41) is 86.4. The Morgan fingerprint density at radius 1 is 0.309 bits per heavy atom. The van der Waals surface area contributed by atoms with Crippen LogP contribution in [0.5, 0.6) is 46.0 Å². The second-order valence-corrected chi connectivity index (χ2v) is 14.9. The number of phenolic OH excluding ortho intramolecular Hbond substituents is 8. The van der Waals surface area contributed by atoms with Crippen LogP contribution >= 0.6 is 0 Å². The summed E-state index contributed by atoms with van der Waals surface area (Å²) in [5.41, 5.74) is 11.1. The molecule has 6 aromatic carbocycles. The standard InChI is InChI=1S/C47H48O8/c1-24-15-32(26(3)40(42(24)50)22-36-20-34(44(52)28(5)46(36)54)17-30-7-11-38(48)12-8-30)19-33-16-25(2)43(51)41(27(33)4)23-37-21-35(45(53)29(6)47(37)55)18-31-9-13-39(49)14-10-31/h7-16,20-21,48-55H,17-19,22-23H2,1-6H3. The fourth-order valence-corrected chi connectivity index (χ4v) is 7.57. The fraction of sp³-hybridized carbons (Fsp3) is 0.234. The molecule has 8 heteroatoms. The Kier molecular flexibility index (Phi) is 10.6. The first-order valence-electron chi connectivity index (χ1n) is 18.3. The van der Waals surface area contributed by atoms with E-state index in [-0.39, 0.29) is 58.8 Å². The van der Waals surface area contributed by atoms with E-state index in [1.807, 2.05) is 39.8 Å². The van der Waals surface area contributed by atoms with Crippen molar-refractivity contribution in [3.8, 4) is 46.0 Å². The molecule has 0 amide bonds. The molecule has 0 aliphatic carbocycles. The average molecular weight is 741 g/mol. The van der Waals surface area contributed by atoms with Crippen LogP contribution in [0.1, 0.15) is 89.0 Å². The lowest BCUT2D eigenvalue weighted by molar-refractivity contribution is 0.434. The Bertz CT molecular complexity index is 2260. The van der Waals surface area contributed by atoms with Gasteiger partial charge in [0.2, 0.25) is 0 Å². The highest BCUT2D eigenvalue weighted by atomic mass is 16.3. The second kappa shape index (κ2) is 15.2. The fourth-order valence-electron chi connectivity index (χ4n) is 7.57. The highest BCUT2D eigenvalue weighted by Gasteiger charge is 2.22. The molecule has 0 saturated carbocycles. The lowest BCUT2D eigenvalue weighted by Crippen LogP contribution is -2.05. The van der Waals surface area contributed by atoms with E-state index in [2.05, 4.69) is 0 Å². The first-order valence-corrected chi connectivity index (χ1v) is 18.3. The summed E-state index contributed by atoms with van der Waals surface area (Å²) in [5.74, 6) is 0.476. The highest BCUT2D eigenvalue weighted by molar-refractivity contribution is 5.61. The molecule has 0 spiro atoms. The molecule has 0 fully saturated rings. The molecule has 284 valence electrons. The molecule has 6 rings (SSSR count). The lowest BCUT2D eigenvalue weighted by Gasteiger charge is -2.21. The minimum absolute atomic E-state index is 0.00136. The third kappa shape index (κ3) is 7.71. The number of benzene rings is 6. The van der Waals surface area contributed by atoms with Gasteiger partial charge in [0.25, 0.3) is 0 Å². The maximum absolute atomic E-state index is 11.4. The van der Waals surface area contributed by atoms with E-state index >= 15 is 0 Å². The number of phenols is 8. The van der Waals surface area contributed by atoms with Crippen molar-refractivity contribution in [3.63, 3.8) is 0 Å². The second-order valence-electron chi connectivity index (χ2n) is 14.9. The van der Waals surface area contributed by atoms with Gasteiger partial charge in [0.1, 0.15) is 46.0 Å². The minimum Gasteiger partial charge on any atom is -0.508 e. The predicted octanol–water partition coefficient (Wildman–Crippen LogP) is 9.14. The lowest BCUT2D eigenvalue weighted by atomic mass is 9.85. The van der Waals surface area contributed by atoms with Crippen LogP contribution in [0.4, 0.5) is 0 Å². The molecule has 0 aromatic heterocycles. The maximum Gasteiger partial charge on any atom is 0.125 e. The van der Waals surface area contributed by atoms with Crippen molar-refractivity contribution in [2.45, 2.75) is 73.6 Å². The molecular formula is C47H48O8. The molecule has 0 aliphatic rings. The number of hydrogen-bond donors (Lipinski definition) is 8. The first-order chi connectivity index (χ1) is 26.0. The number of aryl methyl sites for hydroxylation is 2. The largest absolute Gasteiger partial charge is 0.508 e. The van der Waals surface area contributed by atoms with Gasteiger partial charge in [0.15, 0.2) is 0 Å². The van der Waals surface area contributed by atoms with Gasteiger partial charge in [0, 0.05) is 47.9 Å². The van der Waals surface area contributed by atoms with Gasteiger partial charge in [-0.15, -0.1) is 0 Å². The topological polar surface area (TPSA) is 162 Å². The zero-order chi connectivity index (χ0) is 39.9. The molecule has 0 saturated heterocycles. The maximum atomic E-state index is 11.4. The quantitative estimate of drug-likeness (QED) is 0.0690. The summed E-state index contributed by atoms with van der Waals surface area (Å²) in [4.78, 5) is 0. The molecule has 0 unspecified atom stereocenters. The van der Waals surface area contributed by atoms with Gasteiger partial charge >= 0.3 is 0 Å². The van der Waals surface area contributed by atoms with Crippen LogP contribution in [-0.4, -0.2) is 40.9 Å². The number of aromatic hydroxyl groups is 8. The van der Waals surface area contributed by atoms with Crippen LogP contribution in [0.15, 0.2) is 72.8 Å². The van der Waals surface area contributed by atoms with Crippen LogP contribution in [-0.2, 0) is 32.1 Å². The summed E-state index contributed by atoms with van der Waals surface area (Å²) in [6.45, 7) is 10.9. The Balaban J connectivity index is 1.34. The van der Waals surface area contributed by atoms with E-state index in [1.54, 1.807) is 74.5 Å². The average Bonchev–Trinajstić information content (AvgIpc) is 3.16. The van der Waals surface area contributed by atoms with Crippen molar-refractivity contribution in [1.29, 1.82) is 0 Å². The van der Waals surface area contributed by atoms with Gasteiger partial charge in [-0.25, -0.2) is 0 Å². The van der Waals surface area contributed by atoms with Crippen molar-refractivity contribution in [3.05, 3.63) is 162 Å². The summed E-state index contributed by atoms with van der Waals surface area (Å²) in [6, 6.07) is 20.9. The summed E-state index contributed by atoms with van der Waals surface area (Å²) in [6.07, 6.45) is 1.68. The van der Waals surface area contributed by atoms with Crippen molar-refractivity contribution < 1.29 is 40.9 Å². The molecule has 8 N–H and O–H groups in total. The zero-order valence-corrected chi connectivity index (χ0v) is 32.0. The van der Waals surface area contributed by atoms with Crippen LogP contribution in [0.3, 0.4) is 0 Å². The van der Waals surface area contributed by atoms with Gasteiger partial charge in [-0.1, -0.05) is 36.4 Å². The molecule has 0 radical (unpaired) electrons. The van der Waals surface area contributed by atoms with E-state index in [4.69, 9.17) is 0 Å². The van der Waals surface area contributed by atoms with Crippen LogP contribution in [0.25, 0.3) is 0 Å². The minimum atomic E-state index is -0.0394. The van der Waals surface area contributed by atoms with Crippen LogP contribution in [0, 0.1) is 41.5 Å². The van der Waals surface area contributed by atoms with Crippen molar-refractivity contribution >= 4 is 0 Å². The Hall–Kier alpha value is -6.28. The molecule has 0 bridgehead atoms. The van der Waals surface area contributed by atoms with Gasteiger partial charge in [0.05, 0.1) is 0 Å². The van der Waals surface area contributed by atoms with E-state index in [9.17, 15) is 40.9 Å². The number of hydrogen-bond acceptors (Lipinski definition) is 8.